The van der Waals surface area contributed by atoms with E-state index in [2.05, 4.69) is 5.32 Å². The normalized spacial score (nSPS) is 11.1. The minimum absolute atomic E-state index is 0.0572. The molecule has 15 heavy (non-hydrogen) atoms. The van der Waals surface area contributed by atoms with Gasteiger partial charge in [0.15, 0.2) is 0 Å². The number of aromatic carboxylic acids is 1. The largest absolute Gasteiger partial charge is 0.478 e. The first-order valence-corrected chi connectivity index (χ1v) is 5.37. The molecule has 1 amide bonds. The second-order valence-corrected chi connectivity index (χ2v) is 4.95. The van der Waals surface area contributed by atoms with E-state index in [-0.39, 0.29) is 22.6 Å². The molecule has 5 heteroatoms. The van der Waals surface area contributed by atoms with E-state index in [9.17, 15) is 9.59 Å². The van der Waals surface area contributed by atoms with Gasteiger partial charge < -0.3 is 10.4 Å². The van der Waals surface area contributed by atoms with Gasteiger partial charge in [-0.25, -0.2) is 4.79 Å². The monoisotopic (exact) mass is 227 g/mol. The number of carbonyl (C=O) groups is 2. The summed E-state index contributed by atoms with van der Waals surface area (Å²) in [6.45, 7) is 5.53. The van der Waals surface area contributed by atoms with Crippen LogP contribution in [-0.4, -0.2) is 22.5 Å². The molecule has 1 rings (SSSR count). The van der Waals surface area contributed by atoms with E-state index < -0.39 is 5.97 Å². The van der Waals surface area contributed by atoms with E-state index in [4.69, 9.17) is 5.11 Å². The molecule has 2 N–H and O–H groups in total. The first-order chi connectivity index (χ1) is 6.81. The van der Waals surface area contributed by atoms with Gasteiger partial charge in [-0.15, -0.1) is 0 Å². The smallest absolute Gasteiger partial charge is 0.337 e. The maximum atomic E-state index is 11.7. The van der Waals surface area contributed by atoms with Crippen LogP contribution in [0.3, 0.4) is 0 Å². The van der Waals surface area contributed by atoms with Gasteiger partial charge in [-0.05, 0) is 20.8 Å². The molecule has 1 aromatic rings. The SMILES string of the molecule is CC(C)(C)NC(=O)c1cscc1C(=O)O. The first kappa shape index (κ1) is 11.7. The van der Waals surface area contributed by atoms with Crippen molar-refractivity contribution in [1.29, 1.82) is 0 Å². The average molecular weight is 227 g/mol. The molecule has 0 unspecified atom stereocenters. The second-order valence-electron chi connectivity index (χ2n) is 4.21. The second kappa shape index (κ2) is 4.02. The van der Waals surface area contributed by atoms with Gasteiger partial charge >= 0.3 is 5.97 Å². The minimum atomic E-state index is -1.07. The number of carbonyl (C=O) groups excluding carboxylic acids is 1. The summed E-state index contributed by atoms with van der Waals surface area (Å²) in [5, 5.41) is 14.6. The molecule has 0 bridgehead atoms. The predicted molar refractivity (Wildman–Crippen MR) is 58.5 cm³/mol. The molecule has 4 nitrogen and oxygen atoms in total. The fourth-order valence-electron chi connectivity index (χ4n) is 1.05. The highest BCUT2D eigenvalue weighted by molar-refractivity contribution is 7.08. The van der Waals surface area contributed by atoms with Gasteiger partial charge in [-0.1, -0.05) is 0 Å². The molecule has 0 aliphatic carbocycles. The molecule has 0 spiro atoms. The van der Waals surface area contributed by atoms with Crippen LogP contribution < -0.4 is 5.32 Å². The number of hydrogen-bond donors (Lipinski definition) is 2. The Bertz CT molecular complexity index is 390. The van der Waals surface area contributed by atoms with Crippen molar-refractivity contribution in [2.24, 2.45) is 0 Å². The Labute approximate surface area is 91.9 Å². The summed E-state index contributed by atoms with van der Waals surface area (Å²) in [7, 11) is 0. The zero-order valence-corrected chi connectivity index (χ0v) is 9.64. The number of thiophene rings is 1. The van der Waals surface area contributed by atoms with Crippen LogP contribution in [0.2, 0.25) is 0 Å². The van der Waals surface area contributed by atoms with Crippen molar-refractivity contribution >= 4 is 23.2 Å². The van der Waals surface area contributed by atoms with Gasteiger partial charge in [0.25, 0.3) is 5.91 Å². The van der Waals surface area contributed by atoms with Crippen molar-refractivity contribution in [3.8, 4) is 0 Å². The van der Waals surface area contributed by atoms with Crippen LogP contribution in [0.5, 0.6) is 0 Å². The summed E-state index contributed by atoms with van der Waals surface area (Å²) in [4.78, 5) is 22.5. The zero-order valence-electron chi connectivity index (χ0n) is 8.83. The van der Waals surface area contributed by atoms with Crippen molar-refractivity contribution in [2.75, 3.05) is 0 Å². The van der Waals surface area contributed by atoms with E-state index in [0.29, 0.717) is 0 Å². The molecule has 0 aliphatic rings. The summed E-state index contributed by atoms with van der Waals surface area (Å²) < 4.78 is 0. The van der Waals surface area contributed by atoms with Gasteiger partial charge in [0.2, 0.25) is 0 Å². The van der Waals surface area contributed by atoms with Gasteiger partial charge in [0.05, 0.1) is 11.1 Å². The van der Waals surface area contributed by atoms with Gasteiger partial charge in [0.1, 0.15) is 0 Å². The number of carboxylic acid groups (broad SMARTS) is 1. The standard InChI is InChI=1S/C10H13NO3S/c1-10(2,3)11-8(12)6-4-15-5-7(6)9(13)14/h4-5H,1-3H3,(H,11,12)(H,13,14). The lowest BCUT2D eigenvalue weighted by Crippen LogP contribution is -2.40. The summed E-state index contributed by atoms with van der Waals surface area (Å²) in [6, 6.07) is 0. The topological polar surface area (TPSA) is 66.4 Å². The van der Waals surface area contributed by atoms with Gasteiger partial charge in [-0.3, -0.25) is 4.79 Å². The van der Waals surface area contributed by atoms with Crippen LogP contribution in [0.15, 0.2) is 10.8 Å². The zero-order chi connectivity index (χ0) is 11.6. The molecular weight excluding hydrogens is 214 g/mol. The fraction of sp³-hybridized carbons (Fsp3) is 0.400. The van der Waals surface area contributed by atoms with Crippen LogP contribution in [-0.2, 0) is 0 Å². The maximum Gasteiger partial charge on any atom is 0.337 e. The lowest BCUT2D eigenvalue weighted by Gasteiger charge is -2.20. The third-order valence-corrected chi connectivity index (χ3v) is 2.37. The number of nitrogens with one attached hydrogen (secondary N) is 1. The van der Waals surface area contributed by atoms with Gasteiger partial charge in [0, 0.05) is 16.3 Å². The molecule has 1 aromatic heterocycles. The third kappa shape index (κ3) is 3.06. The maximum absolute atomic E-state index is 11.7. The number of carboxylic acids is 1. The molecule has 0 saturated heterocycles. The number of amides is 1. The Morgan fingerprint density at radius 1 is 1.27 bits per heavy atom. The van der Waals surface area contributed by atoms with Crippen molar-refractivity contribution < 1.29 is 14.7 Å². The van der Waals surface area contributed by atoms with E-state index in [1.54, 1.807) is 5.38 Å². The Morgan fingerprint density at radius 2 is 1.80 bits per heavy atom. The van der Waals surface area contributed by atoms with Crippen molar-refractivity contribution in [1.82, 2.24) is 5.32 Å². The first-order valence-electron chi connectivity index (χ1n) is 4.43. The highest BCUT2D eigenvalue weighted by Gasteiger charge is 2.21. The molecule has 0 radical (unpaired) electrons. The Kier molecular flexibility index (Phi) is 3.14. The average Bonchev–Trinajstić information content (AvgIpc) is 2.47. The van der Waals surface area contributed by atoms with Crippen LogP contribution in [0.1, 0.15) is 41.5 Å². The van der Waals surface area contributed by atoms with Crippen molar-refractivity contribution in [3.63, 3.8) is 0 Å². The summed E-state index contributed by atoms with van der Waals surface area (Å²) in [5.41, 5.74) is -0.0846. The quantitative estimate of drug-likeness (QED) is 0.811. The molecule has 0 atom stereocenters. The Morgan fingerprint density at radius 3 is 2.27 bits per heavy atom. The number of hydrogen-bond acceptors (Lipinski definition) is 3. The summed E-state index contributed by atoms with van der Waals surface area (Å²) in [5.74, 6) is -1.42. The van der Waals surface area contributed by atoms with Crippen LogP contribution in [0, 0.1) is 0 Å². The summed E-state index contributed by atoms with van der Waals surface area (Å²) >= 11 is 1.21. The molecule has 1 heterocycles. The van der Waals surface area contributed by atoms with E-state index >= 15 is 0 Å². The highest BCUT2D eigenvalue weighted by atomic mass is 32.1. The molecule has 0 aliphatic heterocycles. The molecular formula is C10H13NO3S. The lowest BCUT2D eigenvalue weighted by atomic mass is 10.1. The Balaban J connectivity index is 2.92. The lowest BCUT2D eigenvalue weighted by molar-refractivity contribution is 0.0690. The van der Waals surface area contributed by atoms with E-state index in [1.165, 1.54) is 16.7 Å². The molecule has 82 valence electrons. The highest BCUT2D eigenvalue weighted by Crippen LogP contribution is 2.16. The Hall–Kier alpha value is -1.36. The van der Waals surface area contributed by atoms with E-state index in [1.807, 2.05) is 20.8 Å². The van der Waals surface area contributed by atoms with Crippen molar-refractivity contribution in [2.45, 2.75) is 26.3 Å². The van der Waals surface area contributed by atoms with Crippen LogP contribution in [0.4, 0.5) is 0 Å². The fourth-order valence-corrected chi connectivity index (χ4v) is 1.85. The van der Waals surface area contributed by atoms with Gasteiger partial charge in [-0.2, -0.15) is 11.3 Å². The molecule has 0 aromatic carbocycles. The van der Waals surface area contributed by atoms with Crippen molar-refractivity contribution in [3.05, 3.63) is 21.9 Å². The molecule has 0 fully saturated rings. The number of rotatable bonds is 2. The predicted octanol–water partition coefficient (Wildman–Crippen LogP) is 1.97. The molecule has 0 saturated carbocycles. The summed E-state index contributed by atoms with van der Waals surface area (Å²) in [6.07, 6.45) is 0. The van der Waals surface area contributed by atoms with Crippen LogP contribution >= 0.6 is 11.3 Å². The van der Waals surface area contributed by atoms with Crippen LogP contribution in [0.25, 0.3) is 0 Å². The van der Waals surface area contributed by atoms with E-state index in [0.717, 1.165) is 0 Å². The third-order valence-electron chi connectivity index (χ3n) is 1.63. The minimum Gasteiger partial charge on any atom is -0.478 e.